The Bertz CT molecular complexity index is 467. The molecule has 0 aromatic heterocycles. The molecule has 0 saturated heterocycles. The zero-order valence-corrected chi connectivity index (χ0v) is 15.5. The van der Waals surface area contributed by atoms with Crippen molar-refractivity contribution < 1.29 is 9.84 Å². The summed E-state index contributed by atoms with van der Waals surface area (Å²) in [6.45, 7) is 4.92. The van der Waals surface area contributed by atoms with E-state index < -0.39 is 0 Å². The van der Waals surface area contributed by atoms with Gasteiger partial charge in [0.1, 0.15) is 6.10 Å². The molecule has 0 spiro atoms. The van der Waals surface area contributed by atoms with Crippen LogP contribution in [0.15, 0.2) is 24.3 Å². The lowest BCUT2D eigenvalue weighted by Crippen LogP contribution is -2.05. The van der Waals surface area contributed by atoms with Crippen LogP contribution in [-0.4, -0.2) is 11.2 Å². The standard InChI is InChI=1S/C22H34O2/c1-3-4-5-6-7-8-9-10-11-12-13-20(2)24-19-22-16-14-21(18-23)15-17-22/h14-17,20,23H,3-11,18-19H2,1-2H3. The number of aliphatic hydroxyl groups is 1. The van der Waals surface area contributed by atoms with E-state index in [1.54, 1.807) is 0 Å². The first kappa shape index (κ1) is 20.7. The second-order valence-corrected chi connectivity index (χ2v) is 6.47. The summed E-state index contributed by atoms with van der Waals surface area (Å²) in [5.41, 5.74) is 2.04. The zero-order valence-electron chi connectivity index (χ0n) is 15.5. The Labute approximate surface area is 148 Å². The van der Waals surface area contributed by atoms with Gasteiger partial charge in [0.15, 0.2) is 0 Å². The van der Waals surface area contributed by atoms with E-state index in [1.165, 1.54) is 51.4 Å². The van der Waals surface area contributed by atoms with Crippen molar-refractivity contribution in [2.75, 3.05) is 0 Å². The monoisotopic (exact) mass is 330 g/mol. The smallest absolute Gasteiger partial charge is 0.115 e. The number of benzene rings is 1. The summed E-state index contributed by atoms with van der Waals surface area (Å²) in [5.74, 6) is 6.42. The van der Waals surface area contributed by atoms with Gasteiger partial charge in [-0.15, -0.1) is 5.92 Å². The van der Waals surface area contributed by atoms with Gasteiger partial charge in [0.2, 0.25) is 0 Å². The van der Waals surface area contributed by atoms with Crippen molar-refractivity contribution in [1.82, 2.24) is 0 Å². The number of hydrogen-bond donors (Lipinski definition) is 1. The van der Waals surface area contributed by atoms with Crippen molar-refractivity contribution in [3.63, 3.8) is 0 Å². The molecule has 0 fully saturated rings. The molecule has 2 heteroatoms. The summed E-state index contributed by atoms with van der Waals surface area (Å²) in [6, 6.07) is 7.84. The highest BCUT2D eigenvalue weighted by atomic mass is 16.5. The molecule has 0 radical (unpaired) electrons. The quantitative estimate of drug-likeness (QED) is 0.398. The van der Waals surface area contributed by atoms with Crippen LogP contribution in [-0.2, 0) is 18.0 Å². The van der Waals surface area contributed by atoms with Crippen LogP contribution >= 0.6 is 0 Å². The van der Waals surface area contributed by atoms with Gasteiger partial charge in [-0.2, -0.15) is 0 Å². The molecule has 24 heavy (non-hydrogen) atoms. The summed E-state index contributed by atoms with van der Waals surface area (Å²) < 4.78 is 5.75. The first-order valence-electron chi connectivity index (χ1n) is 9.55. The highest BCUT2D eigenvalue weighted by Gasteiger charge is 1.99. The van der Waals surface area contributed by atoms with Crippen molar-refractivity contribution in [1.29, 1.82) is 0 Å². The Hall–Kier alpha value is -1.30. The van der Waals surface area contributed by atoms with Crippen molar-refractivity contribution in [3.05, 3.63) is 35.4 Å². The predicted octanol–water partition coefficient (Wildman–Crippen LogP) is 5.62. The van der Waals surface area contributed by atoms with Gasteiger partial charge in [0.05, 0.1) is 13.2 Å². The van der Waals surface area contributed by atoms with Crippen molar-refractivity contribution in [2.45, 2.75) is 91.0 Å². The van der Waals surface area contributed by atoms with Crippen LogP contribution in [0.3, 0.4) is 0 Å². The van der Waals surface area contributed by atoms with Crippen LogP contribution in [0.25, 0.3) is 0 Å². The fourth-order valence-electron chi connectivity index (χ4n) is 2.57. The maximum absolute atomic E-state index is 9.02. The third kappa shape index (κ3) is 10.5. The first-order chi connectivity index (χ1) is 11.8. The summed E-state index contributed by atoms with van der Waals surface area (Å²) in [4.78, 5) is 0. The average Bonchev–Trinajstić information content (AvgIpc) is 2.62. The Morgan fingerprint density at radius 2 is 1.50 bits per heavy atom. The van der Waals surface area contributed by atoms with Gasteiger partial charge in [-0.3, -0.25) is 0 Å². The molecule has 0 saturated carbocycles. The minimum atomic E-state index is -0.0310. The van der Waals surface area contributed by atoms with Gasteiger partial charge < -0.3 is 9.84 Å². The van der Waals surface area contributed by atoms with E-state index in [9.17, 15) is 0 Å². The summed E-state index contributed by atoms with van der Waals surface area (Å²) in [7, 11) is 0. The molecule has 0 bridgehead atoms. The largest absolute Gasteiger partial charge is 0.392 e. The van der Waals surface area contributed by atoms with Crippen LogP contribution in [0.1, 0.15) is 82.8 Å². The van der Waals surface area contributed by atoms with Crippen molar-refractivity contribution in [2.24, 2.45) is 0 Å². The molecule has 134 valence electrons. The first-order valence-corrected chi connectivity index (χ1v) is 9.55. The Kier molecular flexibility index (Phi) is 12.2. The van der Waals surface area contributed by atoms with Crippen molar-refractivity contribution in [3.8, 4) is 11.8 Å². The molecule has 0 amide bonds. The summed E-state index contributed by atoms with van der Waals surface area (Å²) in [5, 5.41) is 9.02. The molecular formula is C22H34O2. The zero-order chi connectivity index (χ0) is 17.5. The molecule has 0 heterocycles. The molecule has 0 aliphatic rings. The maximum atomic E-state index is 9.02. The lowest BCUT2D eigenvalue weighted by atomic mass is 10.1. The number of ether oxygens (including phenoxy) is 1. The lowest BCUT2D eigenvalue weighted by molar-refractivity contribution is 0.0900. The molecule has 0 aliphatic carbocycles. The summed E-state index contributed by atoms with van der Waals surface area (Å²) >= 11 is 0. The van der Waals surface area contributed by atoms with E-state index in [1.807, 2.05) is 31.2 Å². The van der Waals surface area contributed by atoms with Crippen LogP contribution in [0, 0.1) is 11.8 Å². The van der Waals surface area contributed by atoms with E-state index in [2.05, 4.69) is 18.8 Å². The van der Waals surface area contributed by atoms with E-state index in [4.69, 9.17) is 9.84 Å². The summed E-state index contributed by atoms with van der Waals surface area (Å²) in [6.07, 6.45) is 11.7. The van der Waals surface area contributed by atoms with Gasteiger partial charge in [-0.05, 0) is 24.5 Å². The molecule has 1 unspecified atom stereocenters. The van der Waals surface area contributed by atoms with Gasteiger partial charge in [-0.25, -0.2) is 0 Å². The van der Waals surface area contributed by atoms with E-state index in [-0.39, 0.29) is 12.7 Å². The van der Waals surface area contributed by atoms with Gasteiger partial charge in [-0.1, -0.05) is 82.1 Å². The van der Waals surface area contributed by atoms with Crippen LogP contribution in [0.5, 0.6) is 0 Å². The van der Waals surface area contributed by atoms with Crippen LogP contribution in [0.4, 0.5) is 0 Å². The molecule has 0 aliphatic heterocycles. The molecule has 2 nitrogen and oxygen atoms in total. The molecule has 1 atom stereocenters. The van der Waals surface area contributed by atoms with Crippen LogP contribution in [0.2, 0.25) is 0 Å². The van der Waals surface area contributed by atoms with E-state index >= 15 is 0 Å². The predicted molar refractivity (Wildman–Crippen MR) is 102 cm³/mol. The van der Waals surface area contributed by atoms with Gasteiger partial charge >= 0.3 is 0 Å². The highest BCUT2D eigenvalue weighted by molar-refractivity contribution is 5.21. The third-order valence-corrected chi connectivity index (χ3v) is 4.17. The van der Waals surface area contributed by atoms with E-state index in [0.29, 0.717) is 6.61 Å². The number of rotatable bonds is 12. The lowest BCUT2D eigenvalue weighted by Gasteiger charge is -2.07. The van der Waals surface area contributed by atoms with Crippen molar-refractivity contribution >= 4 is 0 Å². The third-order valence-electron chi connectivity index (χ3n) is 4.17. The van der Waals surface area contributed by atoms with Gasteiger partial charge in [0.25, 0.3) is 0 Å². The topological polar surface area (TPSA) is 29.5 Å². The fourth-order valence-corrected chi connectivity index (χ4v) is 2.57. The highest BCUT2D eigenvalue weighted by Crippen LogP contribution is 2.09. The number of aliphatic hydroxyl groups excluding tert-OH is 1. The second kappa shape index (κ2) is 14.1. The number of hydrogen-bond acceptors (Lipinski definition) is 2. The minimum absolute atomic E-state index is 0.0310. The van der Waals surface area contributed by atoms with E-state index in [0.717, 1.165) is 17.5 Å². The molecule has 1 aromatic rings. The minimum Gasteiger partial charge on any atom is -0.392 e. The fraction of sp³-hybridized carbons (Fsp3) is 0.636. The molecule has 1 N–H and O–H groups in total. The SMILES string of the molecule is CCCCCCCCCCC#CC(C)OCc1ccc(CO)cc1. The molecule has 1 rings (SSSR count). The van der Waals surface area contributed by atoms with Gasteiger partial charge in [0, 0.05) is 6.42 Å². The molecular weight excluding hydrogens is 296 g/mol. The Morgan fingerprint density at radius 1 is 0.917 bits per heavy atom. The second-order valence-electron chi connectivity index (χ2n) is 6.47. The van der Waals surface area contributed by atoms with Crippen LogP contribution < -0.4 is 0 Å². The molecule has 1 aromatic carbocycles. The number of unbranched alkanes of at least 4 members (excludes halogenated alkanes) is 8. The Balaban J connectivity index is 2.04. The Morgan fingerprint density at radius 3 is 2.12 bits per heavy atom. The maximum Gasteiger partial charge on any atom is 0.115 e. The average molecular weight is 331 g/mol. The normalized spacial score (nSPS) is 11.8.